The van der Waals surface area contributed by atoms with E-state index in [9.17, 15) is 4.21 Å². The molecule has 1 saturated heterocycles. The molecule has 0 aromatic heterocycles. The Labute approximate surface area is 105 Å². The van der Waals surface area contributed by atoms with E-state index in [0.717, 1.165) is 24.5 Å². The van der Waals surface area contributed by atoms with Crippen molar-refractivity contribution in [3.63, 3.8) is 0 Å². The smallest absolute Gasteiger partial charge is 0.158 e. The lowest BCUT2D eigenvalue weighted by molar-refractivity contribution is -0.178. The van der Waals surface area contributed by atoms with Crippen LogP contribution in [0.2, 0.25) is 0 Å². The number of hydrogen-bond acceptors (Lipinski definition) is 3. The van der Waals surface area contributed by atoms with Gasteiger partial charge in [-0.05, 0) is 25.5 Å². The van der Waals surface area contributed by atoms with Crippen molar-refractivity contribution < 1.29 is 13.7 Å². The van der Waals surface area contributed by atoms with Crippen LogP contribution in [0.5, 0.6) is 0 Å². The van der Waals surface area contributed by atoms with Crippen LogP contribution in [0, 0.1) is 6.92 Å². The summed E-state index contributed by atoms with van der Waals surface area (Å²) in [6.07, 6.45) is 1.48. The van der Waals surface area contributed by atoms with Crippen molar-refractivity contribution in [2.24, 2.45) is 0 Å². The first-order chi connectivity index (χ1) is 8.25. The van der Waals surface area contributed by atoms with Gasteiger partial charge >= 0.3 is 0 Å². The highest BCUT2D eigenvalue weighted by Gasteiger charge is 2.15. The maximum absolute atomic E-state index is 12.0. The zero-order valence-electron chi connectivity index (χ0n) is 10.1. The molecule has 1 aliphatic heterocycles. The molecule has 1 unspecified atom stereocenters. The predicted molar refractivity (Wildman–Crippen MR) is 67.4 cm³/mol. The molecule has 0 N–H and O–H groups in total. The molecule has 3 nitrogen and oxygen atoms in total. The van der Waals surface area contributed by atoms with E-state index >= 15 is 0 Å². The summed E-state index contributed by atoms with van der Waals surface area (Å²) >= 11 is 0. The highest BCUT2D eigenvalue weighted by molar-refractivity contribution is 7.85. The fraction of sp³-hybridized carbons (Fsp3) is 0.538. The van der Waals surface area contributed by atoms with E-state index in [-0.39, 0.29) is 6.29 Å². The standard InChI is InChI=1S/C13H18O3S/c1-11-3-5-12(6-4-11)17(14)10-7-13-15-8-2-9-16-13/h3-6,13H,2,7-10H2,1H3. The Hall–Kier alpha value is -0.710. The first kappa shape index (κ1) is 12.7. The first-order valence-corrected chi connectivity index (χ1v) is 7.26. The third-order valence-electron chi connectivity index (χ3n) is 2.72. The Kier molecular flexibility index (Phi) is 4.71. The van der Waals surface area contributed by atoms with Crippen LogP contribution in [-0.4, -0.2) is 29.5 Å². The van der Waals surface area contributed by atoms with E-state index in [1.165, 1.54) is 5.56 Å². The van der Waals surface area contributed by atoms with Gasteiger partial charge in [-0.15, -0.1) is 0 Å². The monoisotopic (exact) mass is 254 g/mol. The van der Waals surface area contributed by atoms with Crippen molar-refractivity contribution in [3.05, 3.63) is 29.8 Å². The van der Waals surface area contributed by atoms with Gasteiger partial charge in [-0.1, -0.05) is 17.7 Å². The lowest BCUT2D eigenvalue weighted by Gasteiger charge is -2.22. The average Bonchev–Trinajstić information content (AvgIpc) is 2.38. The zero-order chi connectivity index (χ0) is 12.1. The van der Waals surface area contributed by atoms with Crippen molar-refractivity contribution in [1.82, 2.24) is 0 Å². The number of ether oxygens (including phenoxy) is 2. The lowest BCUT2D eigenvalue weighted by Crippen LogP contribution is -2.26. The fourth-order valence-corrected chi connectivity index (χ4v) is 2.80. The minimum atomic E-state index is -0.953. The molecular formula is C13H18O3S. The summed E-state index contributed by atoms with van der Waals surface area (Å²) < 4.78 is 22.9. The molecular weight excluding hydrogens is 236 g/mol. The largest absolute Gasteiger partial charge is 0.353 e. The van der Waals surface area contributed by atoms with Crippen molar-refractivity contribution >= 4 is 10.8 Å². The van der Waals surface area contributed by atoms with Crippen molar-refractivity contribution in [2.45, 2.75) is 31.0 Å². The van der Waals surface area contributed by atoms with Gasteiger partial charge in [0.1, 0.15) is 0 Å². The van der Waals surface area contributed by atoms with E-state index in [1.807, 2.05) is 31.2 Å². The minimum absolute atomic E-state index is 0.168. The summed E-state index contributed by atoms with van der Waals surface area (Å²) in [6, 6.07) is 7.82. The van der Waals surface area contributed by atoms with Gasteiger partial charge in [0, 0.05) is 17.1 Å². The third-order valence-corrected chi connectivity index (χ3v) is 4.12. The number of hydrogen-bond donors (Lipinski definition) is 0. The normalized spacial score (nSPS) is 19.1. The van der Waals surface area contributed by atoms with Crippen LogP contribution in [0.15, 0.2) is 29.2 Å². The molecule has 0 aliphatic carbocycles. The molecule has 0 bridgehead atoms. The highest BCUT2D eigenvalue weighted by Crippen LogP contribution is 2.13. The summed E-state index contributed by atoms with van der Waals surface area (Å²) in [5, 5.41) is 0. The number of aryl methyl sites for hydroxylation is 1. The topological polar surface area (TPSA) is 35.5 Å². The maximum atomic E-state index is 12.0. The van der Waals surface area contributed by atoms with Crippen LogP contribution in [0.25, 0.3) is 0 Å². The van der Waals surface area contributed by atoms with Crippen molar-refractivity contribution in [3.8, 4) is 0 Å². The molecule has 0 amide bonds. The predicted octanol–water partition coefficient (Wildman–Crippen LogP) is 2.26. The van der Waals surface area contributed by atoms with E-state index in [1.54, 1.807) is 0 Å². The Morgan fingerprint density at radius 1 is 1.24 bits per heavy atom. The van der Waals surface area contributed by atoms with E-state index in [4.69, 9.17) is 9.47 Å². The second kappa shape index (κ2) is 6.28. The fourth-order valence-electron chi connectivity index (χ4n) is 1.71. The Morgan fingerprint density at radius 2 is 1.88 bits per heavy atom. The highest BCUT2D eigenvalue weighted by atomic mass is 32.2. The molecule has 4 heteroatoms. The van der Waals surface area contributed by atoms with Crippen molar-refractivity contribution in [1.29, 1.82) is 0 Å². The first-order valence-electron chi connectivity index (χ1n) is 5.94. The van der Waals surface area contributed by atoms with Gasteiger partial charge in [-0.2, -0.15) is 0 Å². The molecule has 1 heterocycles. The summed E-state index contributed by atoms with van der Waals surface area (Å²) in [5.41, 5.74) is 1.18. The zero-order valence-corrected chi connectivity index (χ0v) is 10.9. The molecule has 1 fully saturated rings. The average molecular weight is 254 g/mol. The van der Waals surface area contributed by atoms with Gasteiger partial charge in [0.2, 0.25) is 0 Å². The summed E-state index contributed by atoms with van der Waals surface area (Å²) in [5.74, 6) is 0.591. The van der Waals surface area contributed by atoms with Crippen LogP contribution in [0.3, 0.4) is 0 Å². The SMILES string of the molecule is Cc1ccc(S(=O)CCC2OCCCO2)cc1. The van der Waals surface area contributed by atoms with Gasteiger partial charge in [0.15, 0.2) is 6.29 Å². The van der Waals surface area contributed by atoms with E-state index < -0.39 is 10.8 Å². The molecule has 0 radical (unpaired) electrons. The number of benzene rings is 1. The second-order valence-corrected chi connectivity index (χ2v) is 5.75. The van der Waals surface area contributed by atoms with E-state index in [0.29, 0.717) is 12.2 Å². The lowest BCUT2D eigenvalue weighted by atomic mass is 10.2. The molecule has 1 aromatic carbocycles. The summed E-state index contributed by atoms with van der Waals surface area (Å²) in [6.45, 7) is 3.53. The van der Waals surface area contributed by atoms with Crippen LogP contribution in [0.4, 0.5) is 0 Å². The maximum Gasteiger partial charge on any atom is 0.158 e. The Morgan fingerprint density at radius 3 is 2.53 bits per heavy atom. The minimum Gasteiger partial charge on any atom is -0.353 e. The molecule has 1 aromatic rings. The van der Waals surface area contributed by atoms with Crippen LogP contribution < -0.4 is 0 Å². The molecule has 1 aliphatic rings. The van der Waals surface area contributed by atoms with Gasteiger partial charge in [0.25, 0.3) is 0 Å². The van der Waals surface area contributed by atoms with Gasteiger partial charge in [-0.25, -0.2) is 0 Å². The second-order valence-electron chi connectivity index (χ2n) is 4.18. The molecule has 17 heavy (non-hydrogen) atoms. The molecule has 0 spiro atoms. The van der Waals surface area contributed by atoms with Crippen LogP contribution in [-0.2, 0) is 20.3 Å². The third kappa shape index (κ3) is 3.91. The Bertz CT molecular complexity index is 369. The van der Waals surface area contributed by atoms with Crippen LogP contribution >= 0.6 is 0 Å². The molecule has 0 saturated carbocycles. The van der Waals surface area contributed by atoms with Crippen LogP contribution in [0.1, 0.15) is 18.4 Å². The van der Waals surface area contributed by atoms with E-state index in [2.05, 4.69) is 0 Å². The van der Waals surface area contributed by atoms with Crippen molar-refractivity contribution in [2.75, 3.05) is 19.0 Å². The molecule has 94 valence electrons. The van der Waals surface area contributed by atoms with Gasteiger partial charge in [0.05, 0.1) is 24.0 Å². The summed E-state index contributed by atoms with van der Waals surface area (Å²) in [4.78, 5) is 0.881. The molecule has 1 atom stereocenters. The van der Waals surface area contributed by atoms with Gasteiger partial charge in [-0.3, -0.25) is 4.21 Å². The molecule has 2 rings (SSSR count). The quantitative estimate of drug-likeness (QED) is 0.826. The Balaban J connectivity index is 1.82. The van der Waals surface area contributed by atoms with Gasteiger partial charge < -0.3 is 9.47 Å². The summed E-state index contributed by atoms with van der Waals surface area (Å²) in [7, 11) is -0.953. The number of rotatable bonds is 4.